The lowest BCUT2D eigenvalue weighted by atomic mass is 10.1. The van der Waals surface area contributed by atoms with Gasteiger partial charge in [-0.15, -0.1) is 0 Å². The van der Waals surface area contributed by atoms with Gasteiger partial charge in [0.15, 0.2) is 0 Å². The number of hydrazone groups is 2. The Bertz CT molecular complexity index is 805. The summed E-state index contributed by atoms with van der Waals surface area (Å²) in [7, 11) is 0. The number of anilines is 2. The minimum Gasteiger partial charge on any atom is -0.480 e. The van der Waals surface area contributed by atoms with Crippen molar-refractivity contribution in [3.63, 3.8) is 0 Å². The fourth-order valence-corrected chi connectivity index (χ4v) is 2.86. The molecule has 0 saturated heterocycles. The molecule has 0 fully saturated rings. The number of aryl methyl sites for hydroxylation is 1. The van der Waals surface area contributed by atoms with Crippen molar-refractivity contribution < 1.29 is 9.90 Å². The van der Waals surface area contributed by atoms with Gasteiger partial charge >= 0.3 is 5.97 Å². The Balaban J connectivity index is 1.89. The molecule has 148 valence electrons. The molecule has 0 aliphatic carbocycles. The molecule has 0 radical (unpaired) electrons. The molecule has 0 aromatic heterocycles. The van der Waals surface area contributed by atoms with E-state index in [0.717, 1.165) is 36.2 Å². The monoisotopic (exact) mass is 382 g/mol. The number of benzene rings is 2. The van der Waals surface area contributed by atoms with Crippen LogP contribution in [0.15, 0.2) is 58.7 Å². The van der Waals surface area contributed by atoms with Gasteiger partial charge in [-0.2, -0.15) is 10.2 Å². The minimum absolute atomic E-state index is 0.0493. The predicted molar refractivity (Wildman–Crippen MR) is 114 cm³/mol. The van der Waals surface area contributed by atoms with Gasteiger partial charge in [-0.3, -0.25) is 4.79 Å². The molecule has 0 unspecified atom stereocenters. The van der Waals surface area contributed by atoms with E-state index in [0.29, 0.717) is 6.54 Å². The molecular weight excluding hydrogens is 356 g/mol. The van der Waals surface area contributed by atoms with Gasteiger partial charge in [0.05, 0.1) is 6.21 Å². The lowest BCUT2D eigenvalue weighted by molar-refractivity contribution is -0.135. The summed E-state index contributed by atoms with van der Waals surface area (Å²) in [6.07, 6.45) is 5.73. The summed E-state index contributed by atoms with van der Waals surface area (Å²) in [6.45, 7) is 0.606. The van der Waals surface area contributed by atoms with E-state index in [1.54, 1.807) is 6.21 Å². The zero-order valence-electron chi connectivity index (χ0n) is 15.7. The van der Waals surface area contributed by atoms with Crippen LogP contribution >= 0.6 is 0 Å². The van der Waals surface area contributed by atoms with Gasteiger partial charge in [-0.1, -0.05) is 24.3 Å². The fourth-order valence-electron chi connectivity index (χ4n) is 2.86. The van der Waals surface area contributed by atoms with Crippen molar-refractivity contribution in [2.24, 2.45) is 21.9 Å². The van der Waals surface area contributed by atoms with Crippen LogP contribution < -0.4 is 21.9 Å². The van der Waals surface area contributed by atoms with Crippen molar-refractivity contribution in [2.75, 3.05) is 23.3 Å². The standard InChI is InChI=1S/C20H26N6O2/c21-24-13-17-5-3-6-19(12-17)26(14-20(27)28)11-2-1-4-16-7-9-18(10-8-16)23-15-25-22/h3,5-10,12-13,15H,1-2,4,11,14,21-22H2,(H,23,25)(H,27,28). The molecule has 0 heterocycles. The summed E-state index contributed by atoms with van der Waals surface area (Å²) in [5.41, 5.74) is 3.83. The summed E-state index contributed by atoms with van der Waals surface area (Å²) >= 11 is 0. The van der Waals surface area contributed by atoms with Gasteiger partial charge in [-0.05, 0) is 54.7 Å². The van der Waals surface area contributed by atoms with Crippen LogP contribution in [0.3, 0.4) is 0 Å². The molecule has 0 aliphatic rings. The van der Waals surface area contributed by atoms with Crippen molar-refractivity contribution in [3.8, 4) is 0 Å². The zero-order chi connectivity index (χ0) is 20.2. The van der Waals surface area contributed by atoms with E-state index in [4.69, 9.17) is 11.7 Å². The third-order valence-electron chi connectivity index (χ3n) is 4.19. The van der Waals surface area contributed by atoms with Gasteiger partial charge in [-0.25, -0.2) is 0 Å². The van der Waals surface area contributed by atoms with Crippen LogP contribution in [0, 0.1) is 0 Å². The zero-order valence-corrected chi connectivity index (χ0v) is 15.7. The number of carbonyl (C=O) groups is 1. The molecule has 0 spiro atoms. The predicted octanol–water partition coefficient (Wildman–Crippen LogP) is 2.21. The van der Waals surface area contributed by atoms with E-state index in [9.17, 15) is 9.90 Å². The SMILES string of the molecule is NN=CNc1ccc(CCCCN(CC(=O)O)c2cccc(C=NN)c2)cc1. The maximum Gasteiger partial charge on any atom is 0.323 e. The van der Waals surface area contributed by atoms with E-state index in [2.05, 4.69) is 27.7 Å². The summed E-state index contributed by atoms with van der Waals surface area (Å²) < 4.78 is 0. The van der Waals surface area contributed by atoms with Crippen molar-refractivity contribution in [2.45, 2.75) is 19.3 Å². The Hall–Kier alpha value is -3.55. The first kappa shape index (κ1) is 20.8. The number of rotatable bonds is 11. The Morgan fingerprint density at radius 3 is 2.57 bits per heavy atom. The van der Waals surface area contributed by atoms with Crippen molar-refractivity contribution in [1.82, 2.24) is 0 Å². The molecular formula is C20H26N6O2. The largest absolute Gasteiger partial charge is 0.480 e. The van der Waals surface area contributed by atoms with Crippen LogP contribution in [0.25, 0.3) is 0 Å². The number of aliphatic carboxylic acids is 1. The van der Waals surface area contributed by atoms with Crippen LogP contribution in [0.5, 0.6) is 0 Å². The van der Waals surface area contributed by atoms with Gasteiger partial charge < -0.3 is 27.0 Å². The van der Waals surface area contributed by atoms with Crippen LogP contribution in [-0.2, 0) is 11.2 Å². The second-order valence-electron chi connectivity index (χ2n) is 6.26. The highest BCUT2D eigenvalue weighted by atomic mass is 16.4. The number of unbranched alkanes of at least 4 members (excludes halogenated alkanes) is 1. The quantitative estimate of drug-likeness (QED) is 0.155. The highest BCUT2D eigenvalue weighted by Gasteiger charge is 2.11. The van der Waals surface area contributed by atoms with Gasteiger partial charge in [0.1, 0.15) is 12.9 Å². The van der Waals surface area contributed by atoms with Crippen molar-refractivity contribution in [1.29, 1.82) is 0 Å². The number of carboxylic acid groups (broad SMARTS) is 1. The molecule has 2 aromatic rings. The summed E-state index contributed by atoms with van der Waals surface area (Å²) in [5.74, 6) is 9.40. The van der Waals surface area contributed by atoms with Crippen molar-refractivity contribution >= 4 is 29.9 Å². The first-order chi connectivity index (χ1) is 13.6. The first-order valence-corrected chi connectivity index (χ1v) is 8.99. The smallest absolute Gasteiger partial charge is 0.323 e. The number of hydrogen-bond acceptors (Lipinski definition) is 6. The topological polar surface area (TPSA) is 129 Å². The van der Waals surface area contributed by atoms with Crippen LogP contribution in [-0.4, -0.2) is 36.7 Å². The molecule has 0 aliphatic heterocycles. The Kier molecular flexibility index (Phi) is 8.32. The normalized spacial score (nSPS) is 11.1. The molecule has 0 amide bonds. The van der Waals surface area contributed by atoms with Crippen LogP contribution in [0.4, 0.5) is 11.4 Å². The summed E-state index contributed by atoms with van der Waals surface area (Å²) in [5, 5.41) is 19.1. The lowest BCUT2D eigenvalue weighted by Gasteiger charge is -2.23. The van der Waals surface area contributed by atoms with Gasteiger partial charge in [0.25, 0.3) is 0 Å². The van der Waals surface area contributed by atoms with E-state index in [-0.39, 0.29) is 6.54 Å². The summed E-state index contributed by atoms with van der Waals surface area (Å²) in [4.78, 5) is 13.1. The third kappa shape index (κ3) is 6.99. The average Bonchev–Trinajstić information content (AvgIpc) is 2.70. The second-order valence-corrected chi connectivity index (χ2v) is 6.26. The fraction of sp³-hybridized carbons (Fsp3) is 0.250. The average molecular weight is 382 g/mol. The van der Waals surface area contributed by atoms with E-state index >= 15 is 0 Å². The lowest BCUT2D eigenvalue weighted by Crippen LogP contribution is -2.30. The Labute approximate surface area is 164 Å². The highest BCUT2D eigenvalue weighted by molar-refractivity contribution is 5.82. The molecule has 8 nitrogen and oxygen atoms in total. The number of hydrogen-bond donors (Lipinski definition) is 4. The second kappa shape index (κ2) is 11.2. The molecule has 0 atom stereocenters. The Morgan fingerprint density at radius 1 is 1.11 bits per heavy atom. The summed E-state index contributed by atoms with van der Waals surface area (Å²) in [6, 6.07) is 15.6. The van der Waals surface area contributed by atoms with Crippen LogP contribution in [0.1, 0.15) is 24.0 Å². The Morgan fingerprint density at radius 2 is 1.89 bits per heavy atom. The molecule has 0 bridgehead atoms. The van der Waals surface area contributed by atoms with Crippen LogP contribution in [0.2, 0.25) is 0 Å². The van der Waals surface area contributed by atoms with Crippen molar-refractivity contribution in [3.05, 3.63) is 59.7 Å². The minimum atomic E-state index is -0.859. The molecule has 2 rings (SSSR count). The first-order valence-electron chi connectivity index (χ1n) is 8.99. The number of carboxylic acids is 1. The maximum atomic E-state index is 11.2. The van der Waals surface area contributed by atoms with Gasteiger partial charge in [0, 0.05) is 17.9 Å². The number of nitrogens with one attached hydrogen (secondary N) is 1. The molecule has 0 saturated carbocycles. The number of nitrogens with two attached hydrogens (primary N) is 2. The van der Waals surface area contributed by atoms with E-state index < -0.39 is 5.97 Å². The third-order valence-corrected chi connectivity index (χ3v) is 4.19. The molecule has 6 N–H and O–H groups in total. The molecule has 28 heavy (non-hydrogen) atoms. The van der Waals surface area contributed by atoms with Gasteiger partial charge in [0.2, 0.25) is 0 Å². The van der Waals surface area contributed by atoms with E-state index in [1.807, 2.05) is 41.3 Å². The maximum absolute atomic E-state index is 11.2. The van der Waals surface area contributed by atoms with E-state index in [1.165, 1.54) is 11.9 Å². The number of nitrogens with zero attached hydrogens (tertiary/aromatic N) is 3. The highest BCUT2D eigenvalue weighted by Crippen LogP contribution is 2.17. The molecule has 2 aromatic carbocycles. The molecule has 8 heteroatoms.